The lowest BCUT2D eigenvalue weighted by molar-refractivity contribution is 0.608. The second-order valence-corrected chi connectivity index (χ2v) is 6.15. The molecule has 0 aliphatic heterocycles. The van der Waals surface area contributed by atoms with Gasteiger partial charge in [0.15, 0.2) is 0 Å². The highest BCUT2D eigenvalue weighted by Crippen LogP contribution is 2.30. The number of aromatic nitrogens is 1. The van der Waals surface area contributed by atoms with Crippen molar-refractivity contribution in [1.29, 1.82) is 0 Å². The Hall–Kier alpha value is -1.55. The first-order valence-corrected chi connectivity index (χ1v) is 7.68. The largest absolute Gasteiger partial charge is 0.397 e. The van der Waals surface area contributed by atoms with Gasteiger partial charge in [-0.2, -0.15) is 0 Å². The van der Waals surface area contributed by atoms with E-state index >= 15 is 0 Å². The zero-order valence-corrected chi connectivity index (χ0v) is 13.1. The maximum Gasteiger partial charge on any atom is 0.140 e. The van der Waals surface area contributed by atoms with Crippen molar-refractivity contribution >= 4 is 27.4 Å². The predicted octanol–water partition coefficient (Wildman–Crippen LogP) is 3.70. The molecule has 0 saturated heterocycles. The van der Waals surface area contributed by atoms with Crippen LogP contribution < -0.4 is 11.1 Å². The van der Waals surface area contributed by atoms with Crippen molar-refractivity contribution in [3.8, 4) is 0 Å². The standard InChI is InChI=1S/C16H18BrN3/c1-10-14(18)9-19-16(15(10)17)20-13-7-6-11-4-2-3-5-12(11)8-13/h2-5,9,13H,6-8,18H2,1H3,(H,19,20). The number of nitrogen functional groups attached to an aromatic ring is 1. The Morgan fingerprint density at radius 2 is 2.05 bits per heavy atom. The third-order valence-corrected chi connectivity index (χ3v) is 4.96. The molecule has 1 aliphatic rings. The molecule has 3 nitrogen and oxygen atoms in total. The molecular weight excluding hydrogens is 314 g/mol. The van der Waals surface area contributed by atoms with Gasteiger partial charge in [-0.1, -0.05) is 24.3 Å². The summed E-state index contributed by atoms with van der Waals surface area (Å²) >= 11 is 3.58. The fourth-order valence-electron chi connectivity index (χ4n) is 2.71. The number of aryl methyl sites for hydroxylation is 1. The second kappa shape index (κ2) is 5.44. The number of nitrogens with zero attached hydrogens (tertiary/aromatic N) is 1. The fraction of sp³-hybridized carbons (Fsp3) is 0.312. The van der Waals surface area contributed by atoms with E-state index in [1.807, 2.05) is 6.92 Å². The first-order chi connectivity index (χ1) is 9.65. The van der Waals surface area contributed by atoms with Crippen LogP contribution in [0.15, 0.2) is 34.9 Å². The molecule has 0 fully saturated rings. The molecule has 20 heavy (non-hydrogen) atoms. The quantitative estimate of drug-likeness (QED) is 0.882. The number of nitrogens with two attached hydrogens (primary N) is 1. The van der Waals surface area contributed by atoms with Gasteiger partial charge in [-0.15, -0.1) is 0 Å². The third kappa shape index (κ3) is 2.52. The van der Waals surface area contributed by atoms with Gasteiger partial charge in [-0.25, -0.2) is 4.98 Å². The smallest absolute Gasteiger partial charge is 0.140 e. The molecule has 0 amide bonds. The molecule has 3 rings (SSSR count). The minimum absolute atomic E-state index is 0.428. The Morgan fingerprint density at radius 1 is 1.30 bits per heavy atom. The molecule has 4 heteroatoms. The third-order valence-electron chi connectivity index (χ3n) is 3.99. The summed E-state index contributed by atoms with van der Waals surface area (Å²) in [7, 11) is 0. The van der Waals surface area contributed by atoms with E-state index in [1.165, 1.54) is 11.1 Å². The highest BCUT2D eigenvalue weighted by molar-refractivity contribution is 9.10. The van der Waals surface area contributed by atoms with E-state index in [2.05, 4.69) is 50.5 Å². The molecular formula is C16H18BrN3. The van der Waals surface area contributed by atoms with Crippen molar-refractivity contribution in [3.05, 3.63) is 51.6 Å². The maximum atomic E-state index is 5.87. The van der Waals surface area contributed by atoms with Gasteiger partial charge in [0.25, 0.3) is 0 Å². The molecule has 2 aromatic rings. The topological polar surface area (TPSA) is 50.9 Å². The van der Waals surface area contributed by atoms with Gasteiger partial charge in [0.1, 0.15) is 5.82 Å². The molecule has 1 aromatic heterocycles. The summed E-state index contributed by atoms with van der Waals surface area (Å²) in [6.45, 7) is 2.00. The average Bonchev–Trinajstić information content (AvgIpc) is 2.48. The SMILES string of the molecule is Cc1c(N)cnc(NC2CCc3ccccc3C2)c1Br. The van der Waals surface area contributed by atoms with Gasteiger partial charge in [-0.3, -0.25) is 0 Å². The van der Waals surface area contributed by atoms with Crippen LogP contribution in [-0.4, -0.2) is 11.0 Å². The van der Waals surface area contributed by atoms with Crippen LogP contribution in [0, 0.1) is 6.92 Å². The van der Waals surface area contributed by atoms with Gasteiger partial charge in [-0.05, 0) is 58.8 Å². The van der Waals surface area contributed by atoms with E-state index in [0.717, 1.165) is 40.8 Å². The van der Waals surface area contributed by atoms with Gasteiger partial charge < -0.3 is 11.1 Å². The van der Waals surface area contributed by atoms with Crippen molar-refractivity contribution in [2.24, 2.45) is 0 Å². The number of nitrogens with one attached hydrogen (secondary N) is 1. The Kier molecular flexibility index (Phi) is 3.66. The van der Waals surface area contributed by atoms with Crippen LogP contribution >= 0.6 is 15.9 Å². The maximum absolute atomic E-state index is 5.87. The lowest BCUT2D eigenvalue weighted by atomic mass is 9.88. The molecule has 0 bridgehead atoms. The first kappa shape index (κ1) is 13.4. The minimum atomic E-state index is 0.428. The van der Waals surface area contributed by atoms with Gasteiger partial charge >= 0.3 is 0 Å². The summed E-state index contributed by atoms with van der Waals surface area (Å²) in [5, 5.41) is 3.54. The van der Waals surface area contributed by atoms with E-state index in [9.17, 15) is 0 Å². The average molecular weight is 332 g/mol. The predicted molar refractivity (Wildman–Crippen MR) is 87.0 cm³/mol. The number of halogens is 1. The highest BCUT2D eigenvalue weighted by Gasteiger charge is 2.19. The number of anilines is 2. The Morgan fingerprint density at radius 3 is 2.85 bits per heavy atom. The van der Waals surface area contributed by atoms with Crippen LogP contribution in [0.1, 0.15) is 23.1 Å². The number of pyridine rings is 1. The number of hydrogen-bond donors (Lipinski definition) is 2. The molecule has 0 saturated carbocycles. The van der Waals surface area contributed by atoms with Crippen LogP contribution in [0.5, 0.6) is 0 Å². The summed E-state index contributed by atoms with van der Waals surface area (Å²) in [6, 6.07) is 9.11. The van der Waals surface area contributed by atoms with Crippen molar-refractivity contribution in [2.45, 2.75) is 32.2 Å². The van der Waals surface area contributed by atoms with Gasteiger partial charge in [0.05, 0.1) is 16.4 Å². The highest BCUT2D eigenvalue weighted by atomic mass is 79.9. The molecule has 1 aromatic carbocycles. The first-order valence-electron chi connectivity index (χ1n) is 6.89. The second-order valence-electron chi connectivity index (χ2n) is 5.35. The van der Waals surface area contributed by atoms with Gasteiger partial charge in [0, 0.05) is 6.04 Å². The zero-order chi connectivity index (χ0) is 14.1. The number of benzene rings is 1. The molecule has 1 heterocycles. The lowest BCUT2D eigenvalue weighted by Gasteiger charge is -2.26. The van der Waals surface area contributed by atoms with Crippen LogP contribution in [0.3, 0.4) is 0 Å². The van der Waals surface area contributed by atoms with Crippen LogP contribution in [0.2, 0.25) is 0 Å². The Balaban J connectivity index is 1.79. The lowest BCUT2D eigenvalue weighted by Crippen LogP contribution is -2.28. The summed E-state index contributed by atoms with van der Waals surface area (Å²) in [6.07, 6.45) is 5.03. The molecule has 104 valence electrons. The molecule has 1 atom stereocenters. The van der Waals surface area contributed by atoms with Crippen molar-refractivity contribution < 1.29 is 0 Å². The number of fused-ring (bicyclic) bond motifs is 1. The van der Waals surface area contributed by atoms with E-state index in [1.54, 1.807) is 6.20 Å². The van der Waals surface area contributed by atoms with Crippen LogP contribution in [-0.2, 0) is 12.8 Å². The molecule has 3 N–H and O–H groups in total. The van der Waals surface area contributed by atoms with E-state index in [-0.39, 0.29) is 0 Å². The summed E-state index contributed by atoms with van der Waals surface area (Å²) in [4.78, 5) is 4.41. The van der Waals surface area contributed by atoms with Crippen LogP contribution in [0.4, 0.5) is 11.5 Å². The molecule has 0 spiro atoms. The number of rotatable bonds is 2. The Labute approximate surface area is 127 Å². The molecule has 1 aliphatic carbocycles. The molecule has 0 radical (unpaired) electrons. The normalized spacial score (nSPS) is 17.6. The zero-order valence-electron chi connectivity index (χ0n) is 11.5. The number of hydrogen-bond acceptors (Lipinski definition) is 3. The minimum Gasteiger partial charge on any atom is -0.397 e. The summed E-state index contributed by atoms with van der Waals surface area (Å²) < 4.78 is 0.969. The van der Waals surface area contributed by atoms with Crippen molar-refractivity contribution in [2.75, 3.05) is 11.1 Å². The monoisotopic (exact) mass is 331 g/mol. The van der Waals surface area contributed by atoms with E-state index in [0.29, 0.717) is 6.04 Å². The van der Waals surface area contributed by atoms with Crippen molar-refractivity contribution in [3.63, 3.8) is 0 Å². The Bertz CT molecular complexity index is 640. The summed E-state index contributed by atoms with van der Waals surface area (Å²) in [5.41, 5.74) is 10.5. The van der Waals surface area contributed by atoms with Crippen LogP contribution in [0.25, 0.3) is 0 Å². The summed E-state index contributed by atoms with van der Waals surface area (Å²) in [5.74, 6) is 0.890. The van der Waals surface area contributed by atoms with E-state index in [4.69, 9.17) is 5.73 Å². The molecule has 1 unspecified atom stereocenters. The van der Waals surface area contributed by atoms with Gasteiger partial charge in [0.2, 0.25) is 0 Å². The van der Waals surface area contributed by atoms with Crippen molar-refractivity contribution in [1.82, 2.24) is 4.98 Å². The fourth-order valence-corrected chi connectivity index (χ4v) is 3.15. The van der Waals surface area contributed by atoms with E-state index < -0.39 is 0 Å².